The summed E-state index contributed by atoms with van der Waals surface area (Å²) in [7, 11) is 0. The van der Waals surface area contributed by atoms with Crippen LogP contribution in [0.4, 0.5) is 8.78 Å². The molecule has 0 N–H and O–H groups in total. The van der Waals surface area contributed by atoms with Crippen molar-refractivity contribution in [2.45, 2.75) is 96.3 Å². The third kappa shape index (κ3) is 11.3. The quantitative estimate of drug-likeness (QED) is 0.350. The third-order valence-corrected chi connectivity index (χ3v) is 4.62. The zero-order chi connectivity index (χ0) is 17.2. The van der Waals surface area contributed by atoms with Gasteiger partial charge in [-0.05, 0) is 45.8 Å². The van der Waals surface area contributed by atoms with Crippen molar-refractivity contribution in [1.29, 1.82) is 0 Å². The van der Waals surface area contributed by atoms with Gasteiger partial charge in [0.1, 0.15) is 10.9 Å². The first-order valence-corrected chi connectivity index (χ1v) is 9.38. The first kappa shape index (κ1) is 21.7. The second-order valence-electron chi connectivity index (χ2n) is 6.70. The topological polar surface area (TPSA) is 26.3 Å². The molecule has 2 nitrogen and oxygen atoms in total. The third-order valence-electron chi connectivity index (χ3n) is 3.26. The maximum absolute atomic E-state index is 13.1. The Morgan fingerprint density at radius 3 is 2.27 bits per heavy atom. The van der Waals surface area contributed by atoms with Crippen molar-refractivity contribution in [1.82, 2.24) is 0 Å². The number of halogens is 2. The molecule has 132 valence electrons. The van der Waals surface area contributed by atoms with Crippen LogP contribution < -0.4 is 0 Å². The van der Waals surface area contributed by atoms with Crippen molar-refractivity contribution in [3.8, 4) is 0 Å². The number of carbonyl (C=O) groups is 1. The van der Waals surface area contributed by atoms with Crippen molar-refractivity contribution in [2.75, 3.05) is 5.75 Å². The highest BCUT2D eigenvalue weighted by Crippen LogP contribution is 2.27. The number of unbranched alkanes of at least 4 members (excludes halogenated alkanes) is 2. The second-order valence-corrected chi connectivity index (χ2v) is 8.01. The molecule has 1 unspecified atom stereocenters. The molecule has 0 saturated heterocycles. The Balaban J connectivity index is 4.17. The van der Waals surface area contributed by atoms with Gasteiger partial charge in [-0.1, -0.05) is 26.7 Å². The van der Waals surface area contributed by atoms with E-state index in [9.17, 15) is 13.6 Å². The number of hydrogen-bond acceptors (Lipinski definition) is 3. The molecule has 0 aromatic rings. The highest BCUT2D eigenvalue weighted by atomic mass is 32.2. The second kappa shape index (κ2) is 10.5. The first-order valence-electron chi connectivity index (χ1n) is 8.33. The van der Waals surface area contributed by atoms with Crippen LogP contribution in [0.5, 0.6) is 0 Å². The van der Waals surface area contributed by atoms with Crippen molar-refractivity contribution in [3.05, 3.63) is 0 Å². The molecule has 0 aliphatic carbocycles. The van der Waals surface area contributed by atoms with Gasteiger partial charge in [-0.2, -0.15) is 0 Å². The summed E-state index contributed by atoms with van der Waals surface area (Å²) >= 11 is 1.55. The van der Waals surface area contributed by atoms with Crippen LogP contribution in [0.15, 0.2) is 0 Å². The summed E-state index contributed by atoms with van der Waals surface area (Å²) in [5.74, 6) is -1.99. The van der Waals surface area contributed by atoms with Gasteiger partial charge in [0.25, 0.3) is 0 Å². The van der Waals surface area contributed by atoms with E-state index in [1.807, 2.05) is 20.8 Å². The Bertz CT molecular complexity index is 314. The van der Waals surface area contributed by atoms with Crippen molar-refractivity contribution in [3.63, 3.8) is 0 Å². The number of alkyl halides is 2. The van der Waals surface area contributed by atoms with E-state index in [1.54, 1.807) is 11.8 Å². The van der Waals surface area contributed by atoms with Gasteiger partial charge in [-0.25, -0.2) is 8.78 Å². The number of hydrogen-bond donors (Lipinski definition) is 0. The molecule has 0 saturated carbocycles. The average Bonchev–Trinajstić information content (AvgIpc) is 2.39. The van der Waals surface area contributed by atoms with Crippen LogP contribution in [-0.2, 0) is 9.53 Å². The maximum atomic E-state index is 13.1. The Kier molecular flexibility index (Phi) is 10.3. The van der Waals surface area contributed by atoms with Gasteiger partial charge < -0.3 is 4.74 Å². The van der Waals surface area contributed by atoms with E-state index >= 15 is 0 Å². The molecule has 0 radical (unpaired) electrons. The summed E-state index contributed by atoms with van der Waals surface area (Å²) < 4.78 is 31.7. The van der Waals surface area contributed by atoms with E-state index < -0.39 is 11.5 Å². The number of rotatable bonds is 11. The Morgan fingerprint density at radius 1 is 1.14 bits per heavy atom. The Labute approximate surface area is 138 Å². The van der Waals surface area contributed by atoms with Crippen LogP contribution in [0.1, 0.15) is 79.6 Å². The van der Waals surface area contributed by atoms with Gasteiger partial charge >= 0.3 is 5.97 Å². The fourth-order valence-corrected chi connectivity index (χ4v) is 3.09. The molecule has 0 aliphatic rings. The highest BCUT2D eigenvalue weighted by Gasteiger charge is 2.26. The van der Waals surface area contributed by atoms with Crippen LogP contribution >= 0.6 is 11.8 Å². The van der Waals surface area contributed by atoms with Gasteiger partial charge in [0, 0.05) is 12.8 Å². The molecule has 0 heterocycles. The highest BCUT2D eigenvalue weighted by molar-refractivity contribution is 8.00. The molecule has 0 aliphatic heterocycles. The molecular formula is C17H32F2O2S. The monoisotopic (exact) mass is 338 g/mol. The van der Waals surface area contributed by atoms with Crippen LogP contribution in [-0.4, -0.2) is 28.5 Å². The standard InChI is InChI=1S/C17H32F2O2S/c1-6-8-11-14(15(20)21-16(3,4)5)22-13-10-9-12-17(18,19)7-2/h14H,6-13H2,1-5H3. The zero-order valence-electron chi connectivity index (χ0n) is 14.7. The summed E-state index contributed by atoms with van der Waals surface area (Å²) in [5, 5.41) is -0.175. The maximum Gasteiger partial charge on any atom is 0.319 e. The van der Waals surface area contributed by atoms with Gasteiger partial charge in [0.05, 0.1) is 0 Å². The predicted molar refractivity (Wildman–Crippen MR) is 90.7 cm³/mol. The van der Waals surface area contributed by atoms with E-state index in [0.29, 0.717) is 12.8 Å². The zero-order valence-corrected chi connectivity index (χ0v) is 15.5. The average molecular weight is 339 g/mol. The smallest absolute Gasteiger partial charge is 0.319 e. The molecule has 0 aromatic carbocycles. The predicted octanol–water partition coefficient (Wildman–Crippen LogP) is 5.84. The van der Waals surface area contributed by atoms with Crippen molar-refractivity contribution >= 4 is 17.7 Å². The van der Waals surface area contributed by atoms with Gasteiger partial charge in [-0.15, -0.1) is 11.8 Å². The lowest BCUT2D eigenvalue weighted by Gasteiger charge is -2.23. The normalized spacial score (nSPS) is 14.0. The summed E-state index contributed by atoms with van der Waals surface area (Å²) in [6, 6.07) is 0. The summed E-state index contributed by atoms with van der Waals surface area (Å²) in [4.78, 5) is 12.2. The van der Waals surface area contributed by atoms with Crippen LogP contribution in [0.2, 0.25) is 0 Å². The van der Waals surface area contributed by atoms with Crippen LogP contribution in [0.25, 0.3) is 0 Å². The molecule has 5 heteroatoms. The largest absolute Gasteiger partial charge is 0.459 e. The van der Waals surface area contributed by atoms with E-state index in [1.165, 1.54) is 6.92 Å². The van der Waals surface area contributed by atoms with Crippen LogP contribution in [0.3, 0.4) is 0 Å². The van der Waals surface area contributed by atoms with E-state index in [0.717, 1.165) is 25.0 Å². The van der Waals surface area contributed by atoms with Gasteiger partial charge in [-0.3, -0.25) is 4.79 Å². The summed E-state index contributed by atoms with van der Waals surface area (Å²) in [6.07, 6.45) is 3.86. The fraction of sp³-hybridized carbons (Fsp3) is 0.941. The Hall–Kier alpha value is -0.320. The molecule has 0 bridgehead atoms. The lowest BCUT2D eigenvalue weighted by Crippen LogP contribution is -2.30. The van der Waals surface area contributed by atoms with E-state index in [2.05, 4.69) is 6.92 Å². The first-order chi connectivity index (χ1) is 10.1. The molecule has 0 fully saturated rings. The molecule has 1 atom stereocenters. The number of esters is 1. The molecular weight excluding hydrogens is 306 g/mol. The molecule has 0 spiro atoms. The molecule has 22 heavy (non-hydrogen) atoms. The minimum absolute atomic E-state index is 0.0594. The Morgan fingerprint density at radius 2 is 1.77 bits per heavy atom. The number of ether oxygens (including phenoxy) is 1. The minimum Gasteiger partial charge on any atom is -0.459 e. The minimum atomic E-state index is -2.54. The van der Waals surface area contributed by atoms with Crippen molar-refractivity contribution in [2.24, 2.45) is 0 Å². The molecule has 0 amide bonds. The van der Waals surface area contributed by atoms with Crippen molar-refractivity contribution < 1.29 is 18.3 Å². The van der Waals surface area contributed by atoms with Gasteiger partial charge in [0.15, 0.2) is 0 Å². The summed E-state index contributed by atoms with van der Waals surface area (Å²) in [5.41, 5.74) is -0.481. The number of thioether (sulfide) groups is 1. The lowest BCUT2D eigenvalue weighted by molar-refractivity contribution is -0.154. The molecule has 0 aromatic heterocycles. The van der Waals surface area contributed by atoms with E-state index in [4.69, 9.17) is 4.74 Å². The van der Waals surface area contributed by atoms with Gasteiger partial charge in [0.2, 0.25) is 5.92 Å². The lowest BCUT2D eigenvalue weighted by atomic mass is 10.1. The fourth-order valence-electron chi connectivity index (χ4n) is 1.91. The van der Waals surface area contributed by atoms with Crippen LogP contribution in [0, 0.1) is 0 Å². The summed E-state index contributed by atoms with van der Waals surface area (Å²) in [6.45, 7) is 9.18. The van der Waals surface area contributed by atoms with E-state index in [-0.39, 0.29) is 24.1 Å². The number of carbonyl (C=O) groups excluding carboxylic acids is 1. The molecule has 0 rings (SSSR count). The SMILES string of the molecule is CCCCC(SCCCCC(F)(F)CC)C(=O)OC(C)(C)C.